The Kier molecular flexibility index (Phi) is 10.3. The van der Waals surface area contributed by atoms with Gasteiger partial charge in [0.25, 0.3) is 5.91 Å². The monoisotopic (exact) mass is 705 g/mol. The van der Waals surface area contributed by atoms with E-state index in [0.717, 1.165) is 16.7 Å². The zero-order chi connectivity index (χ0) is 32.9. The molecule has 0 spiro atoms. The van der Waals surface area contributed by atoms with E-state index in [4.69, 9.17) is 54.4 Å². The molecule has 0 bridgehead atoms. The van der Waals surface area contributed by atoms with Crippen molar-refractivity contribution in [3.8, 4) is 11.5 Å². The van der Waals surface area contributed by atoms with Crippen LogP contribution in [0, 0.1) is 0 Å². The van der Waals surface area contributed by atoms with Gasteiger partial charge in [-0.1, -0.05) is 95.1 Å². The van der Waals surface area contributed by atoms with Gasteiger partial charge in [0, 0.05) is 37.8 Å². The van der Waals surface area contributed by atoms with Crippen molar-refractivity contribution in [1.29, 1.82) is 0 Å². The summed E-state index contributed by atoms with van der Waals surface area (Å²) in [6, 6.07) is 27.3. The van der Waals surface area contributed by atoms with Crippen molar-refractivity contribution >= 4 is 64.1 Å². The Bertz CT molecular complexity index is 1950. The minimum absolute atomic E-state index is 0.214. The number of carbonyl (C=O) groups excluding carboxylic acids is 1. The molecule has 6 rings (SSSR count). The summed E-state index contributed by atoms with van der Waals surface area (Å²) in [4.78, 5) is 18.7. The van der Waals surface area contributed by atoms with Crippen molar-refractivity contribution in [3.05, 3.63) is 134 Å². The third-order valence-corrected chi connectivity index (χ3v) is 9.25. The summed E-state index contributed by atoms with van der Waals surface area (Å²) in [5.74, 6) is 1.87. The predicted octanol–water partition coefficient (Wildman–Crippen LogP) is 9.44. The van der Waals surface area contributed by atoms with E-state index in [1.54, 1.807) is 16.8 Å². The minimum Gasteiger partial charge on any atom is -0.490 e. The van der Waals surface area contributed by atoms with E-state index in [1.165, 1.54) is 11.8 Å². The second-order valence-corrected chi connectivity index (χ2v) is 12.8. The van der Waals surface area contributed by atoms with Crippen molar-refractivity contribution in [1.82, 2.24) is 14.8 Å². The summed E-state index contributed by atoms with van der Waals surface area (Å²) in [6.45, 7) is 4.38. The number of amides is 1. The number of hydrogen-bond donors (Lipinski definition) is 2. The molecule has 0 saturated heterocycles. The Morgan fingerprint density at radius 1 is 0.915 bits per heavy atom. The Labute approximate surface area is 292 Å². The lowest BCUT2D eigenvalue weighted by molar-refractivity contribution is -0.113. The smallest absolute Gasteiger partial charge is 0.255 e. The Hall–Kier alpha value is -4.15. The number of nitrogens with zero attached hydrogens (tertiary/aromatic N) is 3. The fourth-order valence-electron chi connectivity index (χ4n) is 5.15. The number of aromatic nitrogens is 3. The Morgan fingerprint density at radius 2 is 1.70 bits per heavy atom. The molecule has 47 heavy (non-hydrogen) atoms. The lowest BCUT2D eigenvalue weighted by atomic mass is 9.94. The van der Waals surface area contributed by atoms with Crippen molar-refractivity contribution in [2.75, 3.05) is 17.2 Å². The van der Waals surface area contributed by atoms with E-state index in [1.807, 2.05) is 92.7 Å². The van der Waals surface area contributed by atoms with Crippen LogP contribution in [-0.2, 0) is 17.2 Å². The van der Waals surface area contributed by atoms with Crippen LogP contribution in [0.5, 0.6) is 11.5 Å². The summed E-state index contributed by atoms with van der Waals surface area (Å²) < 4.78 is 13.9. The number of benzene rings is 4. The summed E-state index contributed by atoms with van der Waals surface area (Å²) in [5, 5.41) is 13.5. The van der Waals surface area contributed by atoms with Gasteiger partial charge in [-0.2, -0.15) is 4.98 Å². The largest absolute Gasteiger partial charge is 0.490 e. The molecule has 1 aliphatic heterocycles. The number of halogens is 3. The molecular formula is C35H30Cl3N5O3S. The van der Waals surface area contributed by atoms with Crippen LogP contribution in [0.2, 0.25) is 15.1 Å². The highest BCUT2D eigenvalue weighted by Gasteiger charge is 2.35. The van der Waals surface area contributed by atoms with Crippen molar-refractivity contribution in [2.45, 2.75) is 37.4 Å². The standard InChI is InChI=1S/C35H30Cl3N5O3S/c1-3-45-30-17-22(14-16-29(30)46-19-23-13-15-25(36)18-28(23)38)32-31(33(44)40-26-10-5-4-6-11-26)21(2)39-34-41-35(42-43(32)34)47-20-24-9-7-8-12-27(24)37/h4-18,32H,3,19-20H2,1-2H3,(H,40,44)(H,39,41,42). The van der Waals surface area contributed by atoms with Crippen LogP contribution in [0.4, 0.5) is 11.6 Å². The van der Waals surface area contributed by atoms with Gasteiger partial charge in [-0.3, -0.25) is 4.79 Å². The second-order valence-electron chi connectivity index (χ2n) is 10.6. The van der Waals surface area contributed by atoms with Crippen LogP contribution < -0.4 is 20.1 Å². The van der Waals surface area contributed by atoms with Crippen LogP contribution in [0.25, 0.3) is 0 Å². The van der Waals surface area contributed by atoms with E-state index in [-0.39, 0.29) is 12.5 Å². The zero-order valence-corrected chi connectivity index (χ0v) is 28.6. The zero-order valence-electron chi connectivity index (χ0n) is 25.5. The van der Waals surface area contributed by atoms with Crippen LogP contribution in [0.3, 0.4) is 0 Å². The van der Waals surface area contributed by atoms with Crippen LogP contribution in [0.1, 0.15) is 36.6 Å². The molecule has 1 unspecified atom stereocenters. The lowest BCUT2D eigenvalue weighted by Crippen LogP contribution is -2.31. The molecule has 0 radical (unpaired) electrons. The van der Waals surface area contributed by atoms with Crippen molar-refractivity contribution < 1.29 is 14.3 Å². The number of allylic oxidation sites excluding steroid dienone is 1. The fraction of sp³-hybridized carbons (Fsp3) is 0.171. The molecule has 1 amide bonds. The fourth-order valence-corrected chi connectivity index (χ4v) is 6.73. The highest BCUT2D eigenvalue weighted by molar-refractivity contribution is 7.98. The number of rotatable bonds is 11. The SMILES string of the molecule is CCOc1cc(C2C(C(=O)Nc3ccccc3)=C(C)Nc3nc(SCc4ccccc4Cl)nn32)ccc1OCc1ccc(Cl)cc1Cl. The molecule has 2 heterocycles. The summed E-state index contributed by atoms with van der Waals surface area (Å²) >= 11 is 20.3. The minimum atomic E-state index is -0.629. The summed E-state index contributed by atoms with van der Waals surface area (Å²) in [5.41, 5.74) is 4.34. The van der Waals surface area contributed by atoms with Gasteiger partial charge in [-0.25, -0.2) is 4.68 Å². The van der Waals surface area contributed by atoms with Crippen LogP contribution in [-0.4, -0.2) is 27.3 Å². The molecule has 12 heteroatoms. The van der Waals surface area contributed by atoms with Crippen LogP contribution in [0.15, 0.2) is 107 Å². The predicted molar refractivity (Wildman–Crippen MR) is 189 cm³/mol. The van der Waals surface area contributed by atoms with E-state index in [9.17, 15) is 4.79 Å². The van der Waals surface area contributed by atoms with E-state index < -0.39 is 6.04 Å². The maximum atomic E-state index is 14.0. The molecule has 240 valence electrons. The molecule has 1 aromatic heterocycles. The van der Waals surface area contributed by atoms with Crippen molar-refractivity contribution in [3.63, 3.8) is 0 Å². The first-order valence-corrected chi connectivity index (χ1v) is 16.9. The van der Waals surface area contributed by atoms with E-state index >= 15 is 0 Å². The maximum Gasteiger partial charge on any atom is 0.255 e. The Balaban J connectivity index is 1.35. The molecule has 0 aliphatic carbocycles. The first-order chi connectivity index (χ1) is 22.8. The maximum absolute atomic E-state index is 14.0. The Morgan fingerprint density at radius 3 is 2.47 bits per heavy atom. The summed E-state index contributed by atoms with van der Waals surface area (Å²) in [7, 11) is 0. The number of para-hydroxylation sites is 1. The second kappa shape index (κ2) is 14.7. The third-order valence-electron chi connectivity index (χ3n) is 7.41. The lowest BCUT2D eigenvalue weighted by Gasteiger charge is -2.29. The molecule has 1 atom stereocenters. The van der Waals surface area contributed by atoms with Gasteiger partial charge in [-0.15, -0.1) is 5.10 Å². The number of thioether (sulfide) groups is 1. The topological polar surface area (TPSA) is 90.3 Å². The van der Waals surface area contributed by atoms with Gasteiger partial charge in [0.15, 0.2) is 11.5 Å². The number of nitrogens with one attached hydrogen (secondary N) is 2. The molecule has 2 N–H and O–H groups in total. The molecular weight excluding hydrogens is 677 g/mol. The van der Waals surface area contributed by atoms with Crippen molar-refractivity contribution in [2.24, 2.45) is 0 Å². The van der Waals surface area contributed by atoms with Gasteiger partial charge in [0.05, 0.1) is 12.2 Å². The summed E-state index contributed by atoms with van der Waals surface area (Å²) in [6.07, 6.45) is 0. The highest BCUT2D eigenvalue weighted by Crippen LogP contribution is 2.40. The number of fused-ring (bicyclic) bond motifs is 1. The van der Waals surface area contributed by atoms with Gasteiger partial charge < -0.3 is 20.1 Å². The molecule has 4 aromatic carbocycles. The van der Waals surface area contributed by atoms with E-state index in [2.05, 4.69) is 10.6 Å². The number of ether oxygens (including phenoxy) is 2. The molecule has 8 nitrogen and oxygen atoms in total. The average molecular weight is 707 g/mol. The molecule has 0 fully saturated rings. The van der Waals surface area contributed by atoms with Gasteiger partial charge in [0.1, 0.15) is 12.6 Å². The van der Waals surface area contributed by atoms with E-state index in [0.29, 0.717) is 67.0 Å². The van der Waals surface area contributed by atoms with Gasteiger partial charge in [0.2, 0.25) is 11.1 Å². The van der Waals surface area contributed by atoms with Crippen LogP contribution >= 0.6 is 46.6 Å². The number of hydrogen-bond acceptors (Lipinski definition) is 7. The molecule has 1 aliphatic rings. The first kappa shape index (κ1) is 32.8. The van der Waals surface area contributed by atoms with Gasteiger partial charge in [-0.05, 0) is 67.4 Å². The van der Waals surface area contributed by atoms with Gasteiger partial charge >= 0.3 is 0 Å². The molecule has 0 saturated carbocycles. The normalized spacial score (nSPS) is 13.9. The third kappa shape index (κ3) is 7.55. The molecule has 5 aromatic rings. The quantitative estimate of drug-likeness (QED) is 0.132. The average Bonchev–Trinajstić information content (AvgIpc) is 3.46. The number of anilines is 2. The highest BCUT2D eigenvalue weighted by atomic mass is 35.5. The number of carbonyl (C=O) groups is 1. The first-order valence-electron chi connectivity index (χ1n) is 14.8.